The highest BCUT2D eigenvalue weighted by molar-refractivity contribution is 7.91. The van der Waals surface area contributed by atoms with Crippen molar-refractivity contribution in [1.29, 1.82) is 0 Å². The SMILES string of the molecule is CN(C(=O)COC(=O)c1c2c(nc3ccccc13)/C(=C/c1cccs1)C[C@@H](C(C)(C)C)C2)[C@H]1CCS(=O)(=O)C1. The van der Waals surface area contributed by atoms with Crippen LogP contribution < -0.4 is 0 Å². The zero-order valence-corrected chi connectivity index (χ0v) is 24.4. The normalized spacial score (nSPS) is 21.6. The zero-order valence-electron chi connectivity index (χ0n) is 22.8. The number of allylic oxidation sites excluding steroid dienone is 1. The second kappa shape index (κ2) is 10.5. The van der Waals surface area contributed by atoms with Gasteiger partial charge in [0.1, 0.15) is 0 Å². The molecule has 1 aliphatic carbocycles. The van der Waals surface area contributed by atoms with E-state index in [9.17, 15) is 18.0 Å². The van der Waals surface area contributed by atoms with Crippen molar-refractivity contribution in [2.45, 2.75) is 46.1 Å². The maximum atomic E-state index is 13.7. The quantitative estimate of drug-likeness (QED) is 0.392. The van der Waals surface area contributed by atoms with Gasteiger partial charge in [0.15, 0.2) is 16.4 Å². The van der Waals surface area contributed by atoms with Crippen molar-refractivity contribution >= 4 is 55.6 Å². The number of ether oxygens (including phenoxy) is 1. The first-order chi connectivity index (χ1) is 18.4. The molecule has 206 valence electrons. The predicted molar refractivity (Wildman–Crippen MR) is 155 cm³/mol. The largest absolute Gasteiger partial charge is 0.452 e. The van der Waals surface area contributed by atoms with Gasteiger partial charge in [-0.1, -0.05) is 45.0 Å². The van der Waals surface area contributed by atoms with Gasteiger partial charge in [0.05, 0.1) is 28.3 Å². The van der Waals surface area contributed by atoms with Crippen molar-refractivity contribution < 1.29 is 22.7 Å². The summed E-state index contributed by atoms with van der Waals surface area (Å²) in [5, 5.41) is 2.75. The van der Waals surface area contributed by atoms with E-state index >= 15 is 0 Å². The minimum absolute atomic E-state index is 0.000649. The van der Waals surface area contributed by atoms with E-state index in [1.54, 1.807) is 18.4 Å². The number of sulfone groups is 1. The van der Waals surface area contributed by atoms with Crippen LogP contribution in [-0.4, -0.2) is 61.4 Å². The number of carbonyl (C=O) groups is 2. The van der Waals surface area contributed by atoms with Crippen LogP contribution in [-0.2, 0) is 25.8 Å². The van der Waals surface area contributed by atoms with Crippen LogP contribution in [0.5, 0.6) is 0 Å². The lowest BCUT2D eigenvalue weighted by molar-refractivity contribution is -0.134. The second-order valence-corrected chi connectivity index (χ2v) is 14.8. The molecular weight excluding hydrogens is 532 g/mol. The fourth-order valence-corrected chi connectivity index (χ4v) is 7.96. The van der Waals surface area contributed by atoms with E-state index in [0.29, 0.717) is 29.3 Å². The molecule has 1 saturated heterocycles. The number of nitrogens with zero attached hydrogens (tertiary/aromatic N) is 2. The molecule has 0 bridgehead atoms. The number of aromatic nitrogens is 1. The summed E-state index contributed by atoms with van der Waals surface area (Å²) >= 11 is 1.66. The maximum absolute atomic E-state index is 13.7. The highest BCUT2D eigenvalue weighted by Gasteiger charge is 2.36. The third-order valence-electron chi connectivity index (χ3n) is 7.98. The molecule has 2 atom stereocenters. The predicted octanol–water partition coefficient (Wildman–Crippen LogP) is 5.25. The summed E-state index contributed by atoms with van der Waals surface area (Å²) in [6.45, 7) is 6.21. The van der Waals surface area contributed by atoms with Crippen LogP contribution in [0.4, 0.5) is 0 Å². The fourth-order valence-electron chi connectivity index (χ4n) is 5.50. The van der Waals surface area contributed by atoms with Crippen LogP contribution in [0.1, 0.15) is 60.1 Å². The molecule has 5 rings (SSSR count). The first-order valence-corrected chi connectivity index (χ1v) is 15.9. The van der Waals surface area contributed by atoms with Crippen molar-refractivity contribution in [2.24, 2.45) is 11.3 Å². The number of esters is 1. The Bertz CT molecular complexity index is 1550. The number of amides is 1. The lowest BCUT2D eigenvalue weighted by Gasteiger charge is -2.36. The van der Waals surface area contributed by atoms with Crippen molar-refractivity contribution in [3.8, 4) is 0 Å². The smallest absolute Gasteiger partial charge is 0.339 e. The van der Waals surface area contributed by atoms with Crippen LogP contribution in [0.25, 0.3) is 22.6 Å². The molecular formula is C30H34N2O5S2. The molecule has 1 aliphatic heterocycles. The van der Waals surface area contributed by atoms with E-state index in [1.165, 1.54) is 4.90 Å². The molecule has 2 aliphatic rings. The van der Waals surface area contributed by atoms with Gasteiger partial charge >= 0.3 is 5.97 Å². The summed E-state index contributed by atoms with van der Waals surface area (Å²) < 4.78 is 29.4. The highest BCUT2D eigenvalue weighted by Crippen LogP contribution is 2.45. The van der Waals surface area contributed by atoms with Crippen molar-refractivity contribution in [1.82, 2.24) is 9.88 Å². The molecule has 3 heterocycles. The van der Waals surface area contributed by atoms with Gasteiger partial charge in [-0.3, -0.25) is 4.79 Å². The van der Waals surface area contributed by atoms with Crippen LogP contribution in [0.3, 0.4) is 0 Å². The molecule has 0 spiro atoms. The number of fused-ring (bicyclic) bond motifs is 2. The summed E-state index contributed by atoms with van der Waals surface area (Å²) in [5.74, 6) is -0.679. The van der Waals surface area contributed by atoms with Crippen LogP contribution in [0, 0.1) is 11.3 Å². The summed E-state index contributed by atoms with van der Waals surface area (Å²) in [6, 6.07) is 11.2. The maximum Gasteiger partial charge on any atom is 0.339 e. The van der Waals surface area contributed by atoms with Gasteiger partial charge < -0.3 is 9.64 Å². The first kappa shape index (κ1) is 27.5. The molecule has 0 unspecified atom stereocenters. The monoisotopic (exact) mass is 566 g/mol. The summed E-state index contributed by atoms with van der Waals surface area (Å²) in [7, 11) is -1.57. The number of pyridine rings is 1. The molecule has 3 aromatic rings. The zero-order chi connectivity index (χ0) is 27.9. The third kappa shape index (κ3) is 5.79. The molecule has 39 heavy (non-hydrogen) atoms. The Morgan fingerprint density at radius 1 is 1.15 bits per heavy atom. The highest BCUT2D eigenvalue weighted by atomic mass is 32.2. The topological polar surface area (TPSA) is 93.6 Å². The minimum atomic E-state index is -3.14. The molecule has 7 nitrogen and oxygen atoms in total. The van der Waals surface area contributed by atoms with Gasteiger partial charge in [-0.05, 0) is 65.3 Å². The lowest BCUT2D eigenvalue weighted by atomic mass is 9.69. The standard InChI is InChI=1S/C30H34N2O5S2/c1-30(2,3)20-14-19(15-22-8-7-12-38-22)28-24(16-20)27(23-9-5-6-10-25(23)31-28)29(34)37-17-26(33)32(4)21-11-13-39(35,36)18-21/h5-10,12,15,20-21H,11,13-14,16-18H2,1-4H3/b19-15+/t20-,21+/m1/s1. The molecule has 1 fully saturated rings. The van der Waals surface area contributed by atoms with Gasteiger partial charge in [0.25, 0.3) is 5.91 Å². The third-order valence-corrected chi connectivity index (χ3v) is 10.5. The number of benzene rings is 1. The molecule has 1 aromatic carbocycles. The summed E-state index contributed by atoms with van der Waals surface area (Å²) in [4.78, 5) is 34.2. The average molecular weight is 567 g/mol. The Kier molecular flexibility index (Phi) is 7.41. The van der Waals surface area contributed by atoms with Gasteiger partial charge in [-0.2, -0.15) is 0 Å². The van der Waals surface area contributed by atoms with Gasteiger partial charge in [0.2, 0.25) is 0 Å². The number of carbonyl (C=O) groups excluding carboxylic acids is 2. The van der Waals surface area contributed by atoms with E-state index < -0.39 is 34.4 Å². The Hall–Kier alpha value is -3.04. The second-order valence-electron chi connectivity index (χ2n) is 11.6. The fraction of sp³-hybridized carbons (Fsp3) is 0.433. The van der Waals surface area contributed by atoms with E-state index in [4.69, 9.17) is 9.72 Å². The molecule has 0 saturated carbocycles. The first-order valence-electron chi connectivity index (χ1n) is 13.2. The summed E-state index contributed by atoms with van der Waals surface area (Å²) in [6.07, 6.45) is 4.10. The van der Waals surface area contributed by atoms with E-state index in [0.717, 1.165) is 28.1 Å². The van der Waals surface area contributed by atoms with E-state index in [2.05, 4.69) is 32.9 Å². The Morgan fingerprint density at radius 2 is 1.92 bits per heavy atom. The Labute approximate surface area is 233 Å². The van der Waals surface area contributed by atoms with Gasteiger partial charge in [-0.25, -0.2) is 18.2 Å². The average Bonchev–Trinajstić information content (AvgIpc) is 3.53. The van der Waals surface area contributed by atoms with Crippen LogP contribution >= 0.6 is 11.3 Å². The molecule has 9 heteroatoms. The van der Waals surface area contributed by atoms with Gasteiger partial charge in [-0.15, -0.1) is 11.3 Å². The van der Waals surface area contributed by atoms with Crippen LogP contribution in [0.2, 0.25) is 0 Å². The van der Waals surface area contributed by atoms with Crippen molar-refractivity contribution in [2.75, 3.05) is 25.2 Å². The minimum Gasteiger partial charge on any atom is -0.452 e. The van der Waals surface area contributed by atoms with Crippen LogP contribution in [0.15, 0.2) is 41.8 Å². The number of para-hydroxylation sites is 1. The van der Waals surface area contributed by atoms with E-state index in [1.807, 2.05) is 35.7 Å². The number of likely N-dealkylation sites (N-methyl/N-ethyl adjacent to an activating group) is 1. The molecule has 1 amide bonds. The van der Waals surface area contributed by atoms with Gasteiger partial charge in [0, 0.05) is 23.4 Å². The molecule has 0 N–H and O–H groups in total. The Morgan fingerprint density at radius 3 is 2.59 bits per heavy atom. The molecule has 0 radical (unpaired) electrons. The molecule has 2 aromatic heterocycles. The van der Waals surface area contributed by atoms with E-state index in [-0.39, 0.29) is 22.8 Å². The number of hydrogen-bond donors (Lipinski definition) is 0. The number of thiophene rings is 1. The lowest BCUT2D eigenvalue weighted by Crippen LogP contribution is -2.40. The Balaban J connectivity index is 1.51. The van der Waals surface area contributed by atoms with Crippen molar-refractivity contribution in [3.05, 3.63) is 63.5 Å². The number of hydrogen-bond acceptors (Lipinski definition) is 7. The summed E-state index contributed by atoms with van der Waals surface area (Å²) in [5.41, 5.74) is 3.93. The van der Waals surface area contributed by atoms with Crippen molar-refractivity contribution in [3.63, 3.8) is 0 Å². The number of rotatable bonds is 5.